The van der Waals surface area contributed by atoms with E-state index in [9.17, 15) is 63.6 Å². The number of carboxylic acids is 1. The molecule has 2 aromatic carbocycles. The Hall–Kier alpha value is -5.76. The van der Waals surface area contributed by atoms with Crippen LogP contribution in [-0.2, 0) is 56.0 Å². The van der Waals surface area contributed by atoms with Gasteiger partial charge in [-0.1, -0.05) is 38.1 Å². The average molecular weight is 996 g/mol. The van der Waals surface area contributed by atoms with Gasteiger partial charge in [0.2, 0.25) is 47.3 Å². The van der Waals surface area contributed by atoms with Gasteiger partial charge in [-0.25, -0.2) is 4.79 Å². The van der Waals surface area contributed by atoms with Gasteiger partial charge in [0.1, 0.15) is 53.8 Å². The van der Waals surface area contributed by atoms with E-state index < -0.39 is 114 Å². The molecule has 2 aromatic rings. The number of carboxylic acid groups (broad SMARTS) is 1. The fourth-order valence-electron chi connectivity index (χ4n) is 6.08. The maximum atomic E-state index is 14.0. The lowest BCUT2D eigenvalue weighted by atomic mass is 10.0. The van der Waals surface area contributed by atoms with Crippen LogP contribution >= 0.6 is 37.0 Å². The number of hydrogen-bond acceptors (Lipinski definition) is 16. The summed E-state index contributed by atoms with van der Waals surface area (Å²) in [5.41, 5.74) is 12.0. The molecule has 0 fully saturated rings. The third kappa shape index (κ3) is 19.9. The van der Waals surface area contributed by atoms with Crippen molar-refractivity contribution in [2.75, 3.05) is 30.1 Å². The van der Waals surface area contributed by atoms with Gasteiger partial charge in [-0.2, -0.15) is 37.0 Å². The Morgan fingerprint density at radius 2 is 0.985 bits per heavy atom. The molecule has 0 aliphatic carbocycles. The zero-order valence-corrected chi connectivity index (χ0v) is 39.7. The van der Waals surface area contributed by atoms with Crippen LogP contribution < -0.4 is 48.7 Å². The van der Waals surface area contributed by atoms with Gasteiger partial charge in [0, 0.05) is 30.8 Å². The van der Waals surface area contributed by atoms with E-state index in [1.54, 1.807) is 20.1 Å². The van der Waals surface area contributed by atoms with E-state index in [-0.39, 0.29) is 55.1 Å². The number of nitrogens with one attached hydrogen (secondary N) is 7. The minimum atomic E-state index is -1.67. The van der Waals surface area contributed by atoms with Crippen LogP contribution in [0.25, 0.3) is 0 Å². The molecule has 67 heavy (non-hydrogen) atoms. The number of thiol groups is 2. The largest absolute Gasteiger partial charge is 0.508 e. The molecule has 0 aliphatic rings. The van der Waals surface area contributed by atoms with Crippen LogP contribution in [0, 0.1) is 5.92 Å². The van der Waals surface area contributed by atoms with Crippen LogP contribution in [0.3, 0.4) is 0 Å². The SMILES string of the molecule is CSCC[C@H](NC(=O)[C@H](Cc1ccc(O)cc1)NC(=O)[C@H](CS)NC(=O)[C@@H](N)CCC(N)=O)C(=O)N[C@@H](CS)C(=O)N[C@H](CO)C(=O)N[C@@H](C(=O)N[C@@H](Cc1ccc(O)cc1)C(=O)O)C(C)C. The van der Waals surface area contributed by atoms with Crippen molar-refractivity contribution in [3.63, 3.8) is 0 Å². The predicted molar refractivity (Wildman–Crippen MR) is 254 cm³/mol. The first-order chi connectivity index (χ1) is 31.6. The van der Waals surface area contributed by atoms with Crippen LogP contribution in [0.15, 0.2) is 48.5 Å². The number of phenolic OH excluding ortho intramolecular Hbond substituents is 2. The van der Waals surface area contributed by atoms with Crippen molar-refractivity contribution < 1.29 is 63.6 Å². The number of rotatable bonds is 29. The highest BCUT2D eigenvalue weighted by Crippen LogP contribution is 2.14. The molecule has 370 valence electrons. The second kappa shape index (κ2) is 29.1. The Bertz CT molecular complexity index is 2020. The fraction of sp³-hybridized carbons (Fsp3) is 0.500. The second-order valence-corrected chi connectivity index (χ2v) is 17.3. The molecule has 0 heterocycles. The van der Waals surface area contributed by atoms with Gasteiger partial charge >= 0.3 is 5.97 Å². The molecule has 2 rings (SSSR count). The molecule has 0 aromatic heterocycles. The van der Waals surface area contributed by atoms with E-state index in [0.717, 1.165) is 0 Å². The number of primary amides is 1. The Kier molecular flexibility index (Phi) is 24.9. The Morgan fingerprint density at radius 1 is 0.582 bits per heavy atom. The van der Waals surface area contributed by atoms with Crippen molar-refractivity contribution in [1.29, 1.82) is 0 Å². The number of nitrogens with two attached hydrogens (primary N) is 2. The number of aliphatic hydroxyl groups excluding tert-OH is 1. The third-order valence-corrected chi connectivity index (χ3v) is 11.3. The van der Waals surface area contributed by atoms with Crippen LogP contribution in [-0.4, -0.2) is 152 Å². The summed E-state index contributed by atoms with van der Waals surface area (Å²) in [4.78, 5) is 117. The molecule has 0 spiro atoms. The van der Waals surface area contributed by atoms with Crippen molar-refractivity contribution in [2.24, 2.45) is 17.4 Å². The molecule has 0 bridgehead atoms. The first-order valence-corrected chi connectivity index (χ1v) is 23.6. The summed E-state index contributed by atoms with van der Waals surface area (Å²) < 4.78 is 0. The normalized spacial score (nSPS) is 14.6. The predicted octanol–water partition coefficient (Wildman–Crippen LogP) is -2.79. The zero-order valence-electron chi connectivity index (χ0n) is 37.1. The molecule has 0 saturated carbocycles. The number of phenols is 2. The molecule has 0 saturated heterocycles. The lowest BCUT2D eigenvalue weighted by Gasteiger charge is -2.28. The number of hydrogen-bond donors (Lipinski definition) is 15. The quantitative estimate of drug-likeness (QED) is 0.0367. The minimum Gasteiger partial charge on any atom is -0.508 e. The fourth-order valence-corrected chi connectivity index (χ4v) is 7.06. The minimum absolute atomic E-state index is 0.0238. The summed E-state index contributed by atoms with van der Waals surface area (Å²) in [6, 6.07) is 0.326. The summed E-state index contributed by atoms with van der Waals surface area (Å²) in [5.74, 6) is -9.22. The standard InChI is InChI=1S/C42H61N9O13S3/c1-21(2)34(41(62)47-29(42(63)64)17-23-6-10-25(54)11-7-23)51-38(59)30(18-52)48-40(61)32(20-66)50-36(57)27(14-15-67-3)45-37(58)28(16-22-4-8-24(53)9-5-22)46-39(60)31(19-65)49-35(56)26(43)12-13-33(44)55/h4-11,21,26-32,34,52-54,65-66H,12-20,43H2,1-3H3,(H2,44,55)(H,45,58)(H,46,60)(H,47,62)(H,48,61)(H,49,56)(H,50,57)(H,51,59)(H,63,64)/t26-,27-,28-,29-,30+,31-,32-,34+/m0/s1. The summed E-state index contributed by atoms with van der Waals surface area (Å²) in [5, 5.41) is 56.5. The molecule has 8 atom stereocenters. The van der Waals surface area contributed by atoms with E-state index in [1.807, 2.05) is 0 Å². The van der Waals surface area contributed by atoms with Gasteiger partial charge in [0.25, 0.3) is 0 Å². The topological polar surface area (TPSA) is 371 Å². The summed E-state index contributed by atoms with van der Waals surface area (Å²) in [6.45, 7) is 2.18. The maximum absolute atomic E-state index is 14.0. The van der Waals surface area contributed by atoms with Crippen LogP contribution in [0.2, 0.25) is 0 Å². The van der Waals surface area contributed by atoms with Gasteiger partial charge in [-0.05, 0) is 66.2 Å². The monoisotopic (exact) mass is 995 g/mol. The molecule has 8 amide bonds. The molecule has 25 heteroatoms. The van der Waals surface area contributed by atoms with Crippen molar-refractivity contribution in [3.05, 3.63) is 59.7 Å². The molecule has 0 aliphatic heterocycles. The maximum Gasteiger partial charge on any atom is 0.326 e. The number of benzene rings is 2. The summed E-state index contributed by atoms with van der Waals surface area (Å²) in [6.07, 6.45) is 1.18. The molecular formula is C42H61N9O13S3. The van der Waals surface area contributed by atoms with E-state index in [2.05, 4.69) is 62.5 Å². The number of aliphatic hydroxyl groups is 1. The first kappa shape index (κ1) is 57.4. The van der Waals surface area contributed by atoms with Crippen molar-refractivity contribution in [3.8, 4) is 11.5 Å². The number of aliphatic carboxylic acids is 1. The molecule has 22 nitrogen and oxygen atoms in total. The lowest BCUT2D eigenvalue weighted by molar-refractivity contribution is -0.142. The van der Waals surface area contributed by atoms with Gasteiger partial charge in [0.15, 0.2) is 0 Å². The Labute approximate surface area is 402 Å². The van der Waals surface area contributed by atoms with E-state index in [4.69, 9.17) is 11.5 Å². The number of carbonyl (C=O) groups excluding carboxylic acids is 8. The van der Waals surface area contributed by atoms with E-state index >= 15 is 0 Å². The lowest BCUT2D eigenvalue weighted by Crippen LogP contribution is -2.61. The highest BCUT2D eigenvalue weighted by atomic mass is 32.2. The summed E-state index contributed by atoms with van der Waals surface area (Å²) in [7, 11) is 0. The first-order valence-electron chi connectivity index (χ1n) is 20.9. The van der Waals surface area contributed by atoms with Gasteiger partial charge in [-0.3, -0.25) is 38.4 Å². The molecule has 0 radical (unpaired) electrons. The molecular weight excluding hydrogens is 935 g/mol. The highest BCUT2D eigenvalue weighted by molar-refractivity contribution is 7.98. The number of carbonyl (C=O) groups is 9. The van der Waals surface area contributed by atoms with Gasteiger partial charge in [-0.15, -0.1) is 0 Å². The number of amides is 8. The van der Waals surface area contributed by atoms with E-state index in [0.29, 0.717) is 16.9 Å². The van der Waals surface area contributed by atoms with Crippen molar-refractivity contribution in [1.82, 2.24) is 37.2 Å². The van der Waals surface area contributed by atoms with E-state index in [1.165, 1.54) is 60.3 Å². The second-order valence-electron chi connectivity index (χ2n) is 15.6. The van der Waals surface area contributed by atoms with Crippen molar-refractivity contribution in [2.45, 2.75) is 94.3 Å². The van der Waals surface area contributed by atoms with Crippen molar-refractivity contribution >= 4 is 90.2 Å². The smallest absolute Gasteiger partial charge is 0.326 e. The van der Waals surface area contributed by atoms with Gasteiger partial charge in [0.05, 0.1) is 12.6 Å². The van der Waals surface area contributed by atoms with Crippen LogP contribution in [0.1, 0.15) is 44.2 Å². The van der Waals surface area contributed by atoms with Gasteiger partial charge < -0.3 is 69.1 Å². The molecule has 0 unspecified atom stereocenters. The Balaban J connectivity index is 2.23. The average Bonchev–Trinajstić information content (AvgIpc) is 3.28. The highest BCUT2D eigenvalue weighted by Gasteiger charge is 2.35. The number of thioether (sulfide) groups is 1. The third-order valence-electron chi connectivity index (χ3n) is 9.98. The zero-order chi connectivity index (χ0) is 50.4. The number of aromatic hydroxyl groups is 2. The Morgan fingerprint density at radius 3 is 1.43 bits per heavy atom. The molecule has 15 N–H and O–H groups in total. The summed E-state index contributed by atoms with van der Waals surface area (Å²) >= 11 is 9.68. The van der Waals surface area contributed by atoms with Crippen LogP contribution in [0.4, 0.5) is 0 Å². The van der Waals surface area contributed by atoms with Crippen LogP contribution in [0.5, 0.6) is 11.5 Å².